The van der Waals surface area contributed by atoms with Gasteiger partial charge in [-0.25, -0.2) is 0 Å². The van der Waals surface area contributed by atoms with E-state index in [0.29, 0.717) is 27.1 Å². The van der Waals surface area contributed by atoms with Gasteiger partial charge in [-0.05, 0) is 35.9 Å². The van der Waals surface area contributed by atoms with Gasteiger partial charge in [-0.2, -0.15) is 5.10 Å². The lowest BCUT2D eigenvalue weighted by Crippen LogP contribution is -2.26. The third-order valence-electron chi connectivity index (χ3n) is 4.08. The molecule has 1 fully saturated rings. The van der Waals surface area contributed by atoms with Crippen molar-refractivity contribution in [3.63, 3.8) is 0 Å². The summed E-state index contributed by atoms with van der Waals surface area (Å²) >= 11 is 13.1. The number of carboxylic acids is 1. The Morgan fingerprint density at radius 3 is 2.77 bits per heavy atom. The number of ether oxygens (including phenoxy) is 2. The fraction of sp³-hybridized carbons (Fsp3) is 0.200. The third kappa shape index (κ3) is 6.36. The summed E-state index contributed by atoms with van der Waals surface area (Å²) in [6.45, 7) is 0.211. The molecule has 1 aliphatic rings. The van der Waals surface area contributed by atoms with Crippen LogP contribution < -0.4 is 14.8 Å². The van der Waals surface area contributed by atoms with Crippen molar-refractivity contribution in [1.82, 2.24) is 5.32 Å². The highest BCUT2D eigenvalue weighted by molar-refractivity contribution is 8.15. The zero-order valence-electron chi connectivity index (χ0n) is 16.2. The highest BCUT2D eigenvalue weighted by Crippen LogP contribution is 2.30. The molecule has 0 aliphatic carbocycles. The van der Waals surface area contributed by atoms with Crippen LogP contribution in [0.1, 0.15) is 17.5 Å². The predicted molar refractivity (Wildman–Crippen MR) is 121 cm³/mol. The van der Waals surface area contributed by atoms with Crippen LogP contribution in [0.2, 0.25) is 10.0 Å². The number of benzene rings is 2. The lowest BCUT2D eigenvalue weighted by molar-refractivity contribution is -0.138. The van der Waals surface area contributed by atoms with E-state index in [4.69, 9.17) is 37.8 Å². The minimum absolute atomic E-state index is 0.211. The standard InChI is InChI=1S/C20H17Cl2N3O5S/c1-29-15-5-2-11(6-16(15)30-10-12-3-4-13(21)7-14(12)22)9-23-25-20-24-19(28)17(31-20)8-18(26)27/h2-7,9,17H,8,10H2,1H3,(H,26,27)(H,24,25,28)/b23-9-/t17-/m1/s1. The normalized spacial score (nSPS) is 17.2. The largest absolute Gasteiger partial charge is 0.493 e. The zero-order chi connectivity index (χ0) is 22.4. The number of hydrogen-bond donors (Lipinski definition) is 2. The van der Waals surface area contributed by atoms with Crippen LogP contribution in [0.3, 0.4) is 0 Å². The lowest BCUT2D eigenvalue weighted by atomic mass is 10.2. The predicted octanol–water partition coefficient (Wildman–Crippen LogP) is 3.98. The summed E-state index contributed by atoms with van der Waals surface area (Å²) in [7, 11) is 1.53. The molecule has 1 heterocycles. The third-order valence-corrected chi connectivity index (χ3v) is 5.74. The molecule has 0 unspecified atom stereocenters. The number of methoxy groups -OCH3 is 1. The Hall–Kier alpha value is -2.75. The summed E-state index contributed by atoms with van der Waals surface area (Å²) in [4.78, 5) is 22.5. The van der Waals surface area contributed by atoms with Crippen LogP contribution in [-0.2, 0) is 16.2 Å². The molecular weight excluding hydrogens is 465 g/mol. The Labute approximate surface area is 192 Å². The Morgan fingerprint density at radius 1 is 1.26 bits per heavy atom. The number of thioether (sulfide) groups is 1. The van der Waals surface area contributed by atoms with E-state index in [0.717, 1.165) is 17.3 Å². The molecule has 1 saturated heterocycles. The number of carboxylic acid groups (broad SMARTS) is 1. The highest BCUT2D eigenvalue weighted by Gasteiger charge is 2.32. The number of amides is 1. The topological polar surface area (TPSA) is 110 Å². The van der Waals surface area contributed by atoms with Gasteiger partial charge in [0.1, 0.15) is 11.9 Å². The Bertz CT molecular complexity index is 1060. The van der Waals surface area contributed by atoms with Crippen molar-refractivity contribution in [2.75, 3.05) is 7.11 Å². The fourth-order valence-corrected chi connectivity index (χ4v) is 3.95. The summed E-state index contributed by atoms with van der Waals surface area (Å²) in [5.74, 6) is -0.441. The van der Waals surface area contributed by atoms with E-state index in [9.17, 15) is 9.59 Å². The molecule has 31 heavy (non-hydrogen) atoms. The van der Waals surface area contributed by atoms with Gasteiger partial charge in [0.2, 0.25) is 5.91 Å². The van der Waals surface area contributed by atoms with E-state index in [-0.39, 0.29) is 18.2 Å². The number of halogens is 2. The van der Waals surface area contributed by atoms with Crippen LogP contribution in [0.5, 0.6) is 11.5 Å². The van der Waals surface area contributed by atoms with Crippen LogP contribution in [-0.4, -0.2) is 40.7 Å². The van der Waals surface area contributed by atoms with Gasteiger partial charge >= 0.3 is 5.97 Å². The number of hydrogen-bond acceptors (Lipinski definition) is 7. The molecule has 1 atom stereocenters. The first-order valence-corrected chi connectivity index (χ1v) is 10.5. The van der Waals surface area contributed by atoms with Crippen molar-refractivity contribution < 1.29 is 24.2 Å². The molecule has 8 nitrogen and oxygen atoms in total. The van der Waals surface area contributed by atoms with Gasteiger partial charge in [0, 0.05) is 15.6 Å². The van der Waals surface area contributed by atoms with Crippen molar-refractivity contribution >= 4 is 58.2 Å². The smallest absolute Gasteiger partial charge is 0.305 e. The van der Waals surface area contributed by atoms with E-state index in [1.807, 2.05) is 0 Å². The molecule has 3 rings (SSSR count). The molecule has 0 saturated carbocycles. The first-order valence-electron chi connectivity index (χ1n) is 8.91. The van der Waals surface area contributed by atoms with Crippen LogP contribution in [0.15, 0.2) is 46.6 Å². The molecule has 0 bridgehead atoms. The first-order chi connectivity index (χ1) is 14.9. The van der Waals surface area contributed by atoms with Gasteiger partial charge in [-0.1, -0.05) is 41.0 Å². The minimum Gasteiger partial charge on any atom is -0.493 e. The van der Waals surface area contributed by atoms with E-state index >= 15 is 0 Å². The van der Waals surface area contributed by atoms with Gasteiger partial charge in [0.25, 0.3) is 0 Å². The lowest BCUT2D eigenvalue weighted by Gasteiger charge is -2.12. The van der Waals surface area contributed by atoms with Gasteiger partial charge in [-0.3, -0.25) is 9.59 Å². The average molecular weight is 482 g/mol. The maximum atomic E-state index is 11.7. The fourth-order valence-electron chi connectivity index (χ4n) is 2.57. The van der Waals surface area contributed by atoms with Gasteiger partial charge in [0.05, 0.1) is 19.7 Å². The van der Waals surface area contributed by atoms with Crippen LogP contribution in [0.25, 0.3) is 0 Å². The summed E-state index contributed by atoms with van der Waals surface area (Å²) in [5.41, 5.74) is 1.45. The van der Waals surface area contributed by atoms with Crippen molar-refractivity contribution in [3.8, 4) is 11.5 Å². The van der Waals surface area contributed by atoms with Crippen molar-refractivity contribution in [3.05, 3.63) is 57.6 Å². The molecule has 0 aromatic heterocycles. The van der Waals surface area contributed by atoms with Crippen molar-refractivity contribution in [2.24, 2.45) is 10.2 Å². The second-order valence-electron chi connectivity index (χ2n) is 6.28. The number of carbonyl (C=O) groups is 2. The summed E-state index contributed by atoms with van der Waals surface area (Å²) in [6, 6.07) is 10.4. The van der Waals surface area contributed by atoms with E-state index in [1.54, 1.807) is 36.4 Å². The molecule has 2 N–H and O–H groups in total. The maximum Gasteiger partial charge on any atom is 0.305 e. The molecule has 162 valence electrons. The van der Waals surface area contributed by atoms with E-state index in [1.165, 1.54) is 13.3 Å². The van der Waals surface area contributed by atoms with E-state index in [2.05, 4.69) is 15.5 Å². The molecule has 1 aliphatic heterocycles. The number of nitrogens with one attached hydrogen (secondary N) is 1. The molecule has 2 aromatic carbocycles. The number of amidine groups is 1. The molecule has 0 radical (unpaired) electrons. The molecule has 11 heteroatoms. The summed E-state index contributed by atoms with van der Waals surface area (Å²) < 4.78 is 11.2. The summed E-state index contributed by atoms with van der Waals surface area (Å²) in [5, 5.41) is 19.8. The SMILES string of the molecule is COc1ccc(/C=N\N=C2\NC(=O)[C@@H](CC(=O)O)S2)cc1OCc1ccc(Cl)cc1Cl. The van der Waals surface area contributed by atoms with Crippen LogP contribution in [0, 0.1) is 0 Å². The average Bonchev–Trinajstić information content (AvgIpc) is 3.06. The van der Waals surface area contributed by atoms with Gasteiger partial charge in [-0.15, -0.1) is 5.10 Å². The molecule has 0 spiro atoms. The number of aliphatic carboxylic acids is 1. The van der Waals surface area contributed by atoms with Crippen molar-refractivity contribution in [2.45, 2.75) is 18.3 Å². The Balaban J connectivity index is 1.68. The highest BCUT2D eigenvalue weighted by atomic mass is 35.5. The monoisotopic (exact) mass is 481 g/mol. The van der Waals surface area contributed by atoms with E-state index < -0.39 is 17.1 Å². The van der Waals surface area contributed by atoms with Crippen molar-refractivity contribution in [1.29, 1.82) is 0 Å². The Morgan fingerprint density at radius 2 is 2.06 bits per heavy atom. The molecule has 1 amide bonds. The minimum atomic E-state index is -1.05. The maximum absolute atomic E-state index is 11.7. The summed E-state index contributed by atoms with van der Waals surface area (Å²) in [6.07, 6.45) is 1.20. The number of rotatable bonds is 8. The second-order valence-corrected chi connectivity index (χ2v) is 8.31. The van der Waals surface area contributed by atoms with Gasteiger partial charge < -0.3 is 19.9 Å². The molecular formula is C20H17Cl2N3O5S. The van der Waals surface area contributed by atoms with Crippen LogP contribution >= 0.6 is 35.0 Å². The zero-order valence-corrected chi connectivity index (χ0v) is 18.5. The number of nitrogens with zero attached hydrogens (tertiary/aromatic N) is 2. The van der Waals surface area contributed by atoms with Crippen LogP contribution in [0.4, 0.5) is 0 Å². The van der Waals surface area contributed by atoms with Gasteiger partial charge in [0.15, 0.2) is 16.7 Å². The Kier molecular flexibility index (Phi) is 7.78. The molecule has 2 aromatic rings. The first kappa shape index (κ1) is 22.9. The quantitative estimate of drug-likeness (QED) is 0.435. The second kappa shape index (κ2) is 10.5. The number of carbonyl (C=O) groups excluding carboxylic acids is 1.